The number of hydrogen-bond acceptors (Lipinski definition) is 5. The standard InChI is InChI=1S/C29H34BrN5O3/c1-38-29(37)33-24-13-7-8-14-25(24)35-19-32-26(27(35)20-9-3-2-4-10-20)28(36)34-16-15-31-18-22(34)17-21-11-5-6-12-23(21)30/h2-6,9-12,19,22,24-25,31H,7-8,13-18H2,1H3,(H,33,37)/t22-,24+,25+/m1/s1. The van der Waals surface area contributed by atoms with Gasteiger partial charge in [-0.3, -0.25) is 4.79 Å². The van der Waals surface area contributed by atoms with E-state index in [9.17, 15) is 9.59 Å². The van der Waals surface area contributed by atoms with E-state index in [0.29, 0.717) is 12.2 Å². The first kappa shape index (κ1) is 26.4. The van der Waals surface area contributed by atoms with Gasteiger partial charge in [-0.05, 0) is 30.9 Å². The number of piperazine rings is 1. The Hall–Kier alpha value is -3.17. The van der Waals surface area contributed by atoms with Crippen LogP contribution in [0.2, 0.25) is 0 Å². The fourth-order valence-electron chi connectivity index (χ4n) is 5.74. The highest BCUT2D eigenvalue weighted by atomic mass is 79.9. The molecule has 1 aliphatic carbocycles. The van der Waals surface area contributed by atoms with Crippen molar-refractivity contribution in [3.63, 3.8) is 0 Å². The topological polar surface area (TPSA) is 88.5 Å². The predicted molar refractivity (Wildman–Crippen MR) is 150 cm³/mol. The van der Waals surface area contributed by atoms with Gasteiger partial charge in [0.1, 0.15) is 0 Å². The summed E-state index contributed by atoms with van der Waals surface area (Å²) in [7, 11) is 1.38. The van der Waals surface area contributed by atoms with Crippen molar-refractivity contribution in [3.8, 4) is 11.3 Å². The minimum absolute atomic E-state index is 0.00661. The number of carbonyl (C=O) groups excluding carboxylic acids is 2. The Morgan fingerprint density at radius 1 is 1.11 bits per heavy atom. The number of imidazole rings is 1. The van der Waals surface area contributed by atoms with Crippen molar-refractivity contribution < 1.29 is 14.3 Å². The number of alkyl carbamates (subject to hydrolysis) is 1. The summed E-state index contributed by atoms with van der Waals surface area (Å²) in [5.74, 6) is -0.0607. The van der Waals surface area contributed by atoms with E-state index in [2.05, 4.69) is 37.2 Å². The Bertz CT molecular complexity index is 1260. The zero-order valence-corrected chi connectivity index (χ0v) is 23.2. The molecule has 0 unspecified atom stereocenters. The van der Waals surface area contributed by atoms with Crippen LogP contribution in [0.1, 0.15) is 47.8 Å². The van der Waals surface area contributed by atoms with Gasteiger partial charge in [-0.2, -0.15) is 0 Å². The molecule has 8 nitrogen and oxygen atoms in total. The number of benzene rings is 2. The van der Waals surface area contributed by atoms with E-state index in [1.54, 1.807) is 6.33 Å². The second-order valence-corrected chi connectivity index (χ2v) is 10.8. The molecule has 2 aliphatic rings. The van der Waals surface area contributed by atoms with Crippen molar-refractivity contribution in [2.75, 3.05) is 26.7 Å². The molecule has 3 atom stereocenters. The molecule has 1 saturated carbocycles. The first-order chi connectivity index (χ1) is 18.6. The summed E-state index contributed by atoms with van der Waals surface area (Å²) in [5.41, 5.74) is 3.37. The molecular formula is C29H34BrN5O3. The number of methoxy groups -OCH3 is 1. The van der Waals surface area contributed by atoms with Gasteiger partial charge in [0.25, 0.3) is 5.91 Å². The van der Waals surface area contributed by atoms with Crippen LogP contribution in [-0.2, 0) is 11.2 Å². The van der Waals surface area contributed by atoms with Crippen LogP contribution in [0.15, 0.2) is 65.4 Å². The van der Waals surface area contributed by atoms with Crippen LogP contribution in [0.5, 0.6) is 0 Å². The van der Waals surface area contributed by atoms with E-state index >= 15 is 0 Å². The lowest BCUT2D eigenvalue weighted by molar-refractivity contribution is 0.0631. The van der Waals surface area contributed by atoms with Gasteiger partial charge in [0.15, 0.2) is 5.69 Å². The fraction of sp³-hybridized carbons (Fsp3) is 0.414. The highest BCUT2D eigenvalue weighted by Gasteiger charge is 2.35. The summed E-state index contributed by atoms with van der Waals surface area (Å²) in [4.78, 5) is 33.0. The molecular weight excluding hydrogens is 546 g/mol. The highest BCUT2D eigenvalue weighted by Crippen LogP contribution is 2.35. The summed E-state index contributed by atoms with van der Waals surface area (Å²) in [6, 6.07) is 18.0. The third-order valence-corrected chi connectivity index (χ3v) is 8.42. The first-order valence-corrected chi connectivity index (χ1v) is 14.1. The van der Waals surface area contributed by atoms with E-state index in [1.807, 2.05) is 53.4 Å². The Kier molecular flexibility index (Phi) is 8.44. The molecule has 2 fully saturated rings. The van der Waals surface area contributed by atoms with Gasteiger partial charge < -0.3 is 24.8 Å². The number of rotatable bonds is 6. The molecule has 1 aromatic heterocycles. The monoisotopic (exact) mass is 579 g/mol. The normalized spacial score (nSPS) is 21.6. The zero-order valence-electron chi connectivity index (χ0n) is 21.6. The Morgan fingerprint density at radius 3 is 2.66 bits per heavy atom. The van der Waals surface area contributed by atoms with Gasteiger partial charge in [-0.15, -0.1) is 0 Å². The lowest BCUT2D eigenvalue weighted by Gasteiger charge is -2.37. The van der Waals surface area contributed by atoms with Crippen molar-refractivity contribution in [1.82, 2.24) is 25.1 Å². The Labute approximate surface area is 231 Å². The minimum Gasteiger partial charge on any atom is -0.453 e. The van der Waals surface area contributed by atoms with Crippen LogP contribution in [-0.4, -0.2) is 65.3 Å². The third-order valence-electron chi connectivity index (χ3n) is 7.64. The quantitative estimate of drug-likeness (QED) is 0.437. The van der Waals surface area contributed by atoms with Crippen LogP contribution >= 0.6 is 15.9 Å². The molecule has 200 valence electrons. The van der Waals surface area contributed by atoms with E-state index in [0.717, 1.165) is 60.9 Å². The number of hydrogen-bond donors (Lipinski definition) is 2. The lowest BCUT2D eigenvalue weighted by atomic mass is 9.89. The number of aromatic nitrogens is 2. The largest absolute Gasteiger partial charge is 0.453 e. The maximum absolute atomic E-state index is 14.2. The van der Waals surface area contributed by atoms with Crippen molar-refractivity contribution in [2.24, 2.45) is 0 Å². The van der Waals surface area contributed by atoms with Crippen molar-refractivity contribution in [2.45, 2.75) is 50.2 Å². The highest BCUT2D eigenvalue weighted by molar-refractivity contribution is 9.10. The first-order valence-electron chi connectivity index (χ1n) is 13.3. The maximum Gasteiger partial charge on any atom is 0.407 e. The molecule has 9 heteroatoms. The van der Waals surface area contributed by atoms with Gasteiger partial charge in [0.2, 0.25) is 0 Å². The van der Waals surface area contributed by atoms with Gasteiger partial charge >= 0.3 is 6.09 Å². The number of amides is 2. The summed E-state index contributed by atoms with van der Waals surface area (Å²) in [6.45, 7) is 2.08. The number of nitrogens with one attached hydrogen (secondary N) is 2. The second kappa shape index (κ2) is 12.1. The van der Waals surface area contributed by atoms with E-state index in [4.69, 9.17) is 9.72 Å². The molecule has 1 saturated heterocycles. The molecule has 0 bridgehead atoms. The Morgan fingerprint density at radius 2 is 1.87 bits per heavy atom. The summed E-state index contributed by atoms with van der Waals surface area (Å²) in [6.07, 6.45) is 5.90. The average Bonchev–Trinajstić information content (AvgIpc) is 3.40. The van der Waals surface area contributed by atoms with Crippen LogP contribution < -0.4 is 10.6 Å². The summed E-state index contributed by atoms with van der Waals surface area (Å²) in [5, 5.41) is 6.48. The van der Waals surface area contributed by atoms with Gasteiger partial charge in [0.05, 0.1) is 31.2 Å². The molecule has 2 N–H and O–H groups in total. The second-order valence-electron chi connectivity index (χ2n) is 9.96. The van der Waals surface area contributed by atoms with Crippen LogP contribution in [0, 0.1) is 0 Å². The molecule has 3 aromatic rings. The third kappa shape index (κ3) is 5.63. The van der Waals surface area contributed by atoms with Gasteiger partial charge in [-0.1, -0.05) is 77.3 Å². The van der Waals surface area contributed by atoms with Crippen LogP contribution in [0.3, 0.4) is 0 Å². The van der Waals surface area contributed by atoms with Crippen molar-refractivity contribution in [3.05, 3.63) is 76.7 Å². The lowest BCUT2D eigenvalue weighted by Crippen LogP contribution is -2.54. The summed E-state index contributed by atoms with van der Waals surface area (Å²) >= 11 is 3.66. The number of carbonyl (C=O) groups is 2. The molecule has 38 heavy (non-hydrogen) atoms. The predicted octanol–water partition coefficient (Wildman–Crippen LogP) is 4.81. The van der Waals surface area contributed by atoms with Crippen LogP contribution in [0.4, 0.5) is 4.79 Å². The molecule has 0 radical (unpaired) electrons. The van der Waals surface area contributed by atoms with Crippen molar-refractivity contribution in [1.29, 1.82) is 0 Å². The fourth-order valence-corrected chi connectivity index (χ4v) is 6.18. The van der Waals surface area contributed by atoms with E-state index < -0.39 is 6.09 Å². The number of ether oxygens (including phenoxy) is 1. The molecule has 2 heterocycles. The minimum atomic E-state index is -0.435. The van der Waals surface area contributed by atoms with Gasteiger partial charge in [-0.25, -0.2) is 9.78 Å². The summed E-state index contributed by atoms with van der Waals surface area (Å²) < 4.78 is 8.05. The number of nitrogens with zero attached hydrogens (tertiary/aromatic N) is 3. The van der Waals surface area contributed by atoms with Crippen LogP contribution in [0.25, 0.3) is 11.3 Å². The number of halogens is 1. The van der Waals surface area contributed by atoms with E-state index in [1.165, 1.54) is 12.7 Å². The molecule has 2 aromatic carbocycles. The molecule has 0 spiro atoms. The Balaban J connectivity index is 1.50. The SMILES string of the molecule is COC(=O)N[C@H]1CCCC[C@@H]1n1cnc(C(=O)N2CCNC[C@H]2Cc2ccccc2Br)c1-c1ccccc1. The zero-order chi connectivity index (χ0) is 26.5. The van der Waals surface area contributed by atoms with Crippen molar-refractivity contribution >= 4 is 27.9 Å². The molecule has 2 amide bonds. The average molecular weight is 581 g/mol. The van der Waals surface area contributed by atoms with E-state index in [-0.39, 0.29) is 24.0 Å². The maximum atomic E-state index is 14.2. The van der Waals surface area contributed by atoms with Gasteiger partial charge in [0, 0.05) is 35.7 Å². The smallest absolute Gasteiger partial charge is 0.407 e. The molecule has 5 rings (SSSR count). The molecule has 1 aliphatic heterocycles.